The highest BCUT2D eigenvalue weighted by molar-refractivity contribution is 7.99. The number of anilines is 1. The number of halogens is 1. The highest BCUT2D eigenvalue weighted by Crippen LogP contribution is 2.37. The number of rotatable bonds is 6. The third-order valence-corrected chi connectivity index (χ3v) is 7.36. The molecular formula is C23H25ClN6OS. The molecule has 1 N–H and O–H groups in total. The van der Waals surface area contributed by atoms with Crippen molar-refractivity contribution >= 4 is 35.1 Å². The maximum atomic E-state index is 12.8. The van der Waals surface area contributed by atoms with Gasteiger partial charge in [-0.3, -0.25) is 4.79 Å². The first-order valence-electron chi connectivity index (χ1n) is 10.6. The summed E-state index contributed by atoms with van der Waals surface area (Å²) >= 11 is 7.28. The molecule has 0 atom stereocenters. The normalized spacial score (nSPS) is 14.0. The molecule has 0 spiro atoms. The minimum absolute atomic E-state index is 0.167. The van der Waals surface area contributed by atoms with Crippen LogP contribution in [0.2, 0.25) is 5.02 Å². The largest absolute Gasteiger partial charge is 0.327 e. The summed E-state index contributed by atoms with van der Waals surface area (Å²) in [6.45, 7) is 3.97. The molecule has 2 heterocycles. The Hall–Kier alpha value is -2.76. The van der Waals surface area contributed by atoms with Crippen molar-refractivity contribution < 1.29 is 4.79 Å². The maximum Gasteiger partial charge on any atom is 0.235 e. The molecule has 1 saturated carbocycles. The van der Waals surface area contributed by atoms with Crippen LogP contribution in [-0.2, 0) is 11.8 Å². The van der Waals surface area contributed by atoms with Crippen molar-refractivity contribution in [1.82, 2.24) is 19.3 Å². The fourth-order valence-electron chi connectivity index (χ4n) is 4.29. The van der Waals surface area contributed by atoms with Gasteiger partial charge in [0.1, 0.15) is 11.9 Å². The Morgan fingerprint density at radius 3 is 2.59 bits per heavy atom. The molecule has 1 fully saturated rings. The molecule has 1 aliphatic rings. The molecule has 4 rings (SSSR count). The molecule has 32 heavy (non-hydrogen) atoms. The van der Waals surface area contributed by atoms with E-state index in [0.717, 1.165) is 29.7 Å². The first kappa shape index (κ1) is 22.4. The Bertz CT molecular complexity index is 1180. The molecule has 0 saturated heterocycles. The number of carbonyl (C=O) groups excluding carboxylic acids is 1. The van der Waals surface area contributed by atoms with Gasteiger partial charge in [0.2, 0.25) is 5.91 Å². The third kappa shape index (κ3) is 4.27. The SMILES string of the molecule is Cc1c(C#N)c(NC(=O)CSc2nnc(-c3ccc(Cl)cc3)n2C)n(C2CCCC2)c1C. The first-order valence-corrected chi connectivity index (χ1v) is 12.0. The Morgan fingerprint density at radius 2 is 1.94 bits per heavy atom. The lowest BCUT2D eigenvalue weighted by atomic mass is 10.2. The summed E-state index contributed by atoms with van der Waals surface area (Å²) < 4.78 is 4.02. The van der Waals surface area contributed by atoms with E-state index in [9.17, 15) is 10.1 Å². The van der Waals surface area contributed by atoms with Gasteiger partial charge in [-0.15, -0.1) is 10.2 Å². The third-order valence-electron chi connectivity index (χ3n) is 6.09. The van der Waals surface area contributed by atoms with Gasteiger partial charge >= 0.3 is 0 Å². The minimum atomic E-state index is -0.167. The molecular weight excluding hydrogens is 444 g/mol. The number of aromatic nitrogens is 4. The summed E-state index contributed by atoms with van der Waals surface area (Å²) in [6.07, 6.45) is 4.50. The topological polar surface area (TPSA) is 88.5 Å². The Balaban J connectivity index is 1.49. The van der Waals surface area contributed by atoms with Crippen molar-refractivity contribution in [2.24, 2.45) is 7.05 Å². The molecule has 9 heteroatoms. The number of thioether (sulfide) groups is 1. The van der Waals surface area contributed by atoms with E-state index < -0.39 is 0 Å². The zero-order chi connectivity index (χ0) is 22.8. The van der Waals surface area contributed by atoms with Crippen molar-refractivity contribution in [2.75, 3.05) is 11.1 Å². The van der Waals surface area contributed by atoms with Crippen molar-refractivity contribution in [2.45, 2.75) is 50.7 Å². The van der Waals surface area contributed by atoms with Crippen LogP contribution in [0.3, 0.4) is 0 Å². The van der Waals surface area contributed by atoms with E-state index in [1.807, 2.05) is 49.7 Å². The van der Waals surface area contributed by atoms with Crippen LogP contribution in [0.5, 0.6) is 0 Å². The maximum absolute atomic E-state index is 12.8. The molecule has 3 aromatic rings. The second kappa shape index (κ2) is 9.39. The monoisotopic (exact) mass is 468 g/mol. The number of amides is 1. The number of nitrogens with zero attached hydrogens (tertiary/aromatic N) is 5. The van der Waals surface area contributed by atoms with Gasteiger partial charge in [-0.1, -0.05) is 36.2 Å². The smallest absolute Gasteiger partial charge is 0.235 e. The summed E-state index contributed by atoms with van der Waals surface area (Å²) in [5, 5.41) is 22.5. The number of nitrogens with one attached hydrogen (secondary N) is 1. The van der Waals surface area contributed by atoms with Gasteiger partial charge in [0.15, 0.2) is 11.0 Å². The zero-order valence-electron chi connectivity index (χ0n) is 18.4. The predicted molar refractivity (Wildman–Crippen MR) is 127 cm³/mol. The van der Waals surface area contributed by atoms with Gasteiger partial charge in [-0.25, -0.2) is 0 Å². The molecule has 0 unspecified atom stereocenters. The summed E-state index contributed by atoms with van der Waals surface area (Å²) in [4.78, 5) is 12.8. The van der Waals surface area contributed by atoms with E-state index in [1.165, 1.54) is 24.6 Å². The lowest BCUT2D eigenvalue weighted by Crippen LogP contribution is -2.20. The second-order valence-electron chi connectivity index (χ2n) is 8.06. The number of hydrogen-bond acceptors (Lipinski definition) is 5. The van der Waals surface area contributed by atoms with Gasteiger partial charge in [0.05, 0.1) is 11.3 Å². The average Bonchev–Trinajstić information content (AvgIpc) is 3.48. The van der Waals surface area contributed by atoms with Crippen molar-refractivity contribution in [1.29, 1.82) is 5.26 Å². The summed E-state index contributed by atoms with van der Waals surface area (Å²) in [6, 6.07) is 10.0. The molecule has 166 valence electrons. The molecule has 1 amide bonds. The van der Waals surface area contributed by atoms with Crippen molar-refractivity contribution in [3.8, 4) is 17.5 Å². The number of hydrogen-bond donors (Lipinski definition) is 1. The molecule has 0 bridgehead atoms. The molecule has 1 aromatic carbocycles. The van der Waals surface area contributed by atoms with Crippen LogP contribution in [0.4, 0.5) is 5.82 Å². The molecule has 0 radical (unpaired) electrons. The first-order chi connectivity index (χ1) is 15.4. The lowest BCUT2D eigenvalue weighted by Gasteiger charge is -2.19. The predicted octanol–water partition coefficient (Wildman–Crippen LogP) is 5.27. The van der Waals surface area contributed by atoms with Crippen LogP contribution in [0, 0.1) is 25.2 Å². The van der Waals surface area contributed by atoms with Crippen LogP contribution >= 0.6 is 23.4 Å². The van der Waals surface area contributed by atoms with Gasteiger partial charge in [0, 0.05) is 29.4 Å². The van der Waals surface area contributed by atoms with Crippen LogP contribution in [0.25, 0.3) is 11.4 Å². The van der Waals surface area contributed by atoms with Crippen molar-refractivity contribution in [3.05, 3.63) is 46.1 Å². The molecule has 7 nitrogen and oxygen atoms in total. The Labute approximate surface area is 196 Å². The van der Waals surface area contributed by atoms with E-state index in [4.69, 9.17) is 11.6 Å². The van der Waals surface area contributed by atoms with Crippen molar-refractivity contribution in [3.63, 3.8) is 0 Å². The average molecular weight is 469 g/mol. The summed E-state index contributed by atoms with van der Waals surface area (Å²) in [5.74, 6) is 1.34. The van der Waals surface area contributed by atoms with E-state index in [2.05, 4.69) is 26.2 Å². The Kier molecular flexibility index (Phi) is 6.58. The van der Waals surface area contributed by atoms with E-state index in [1.54, 1.807) is 0 Å². The lowest BCUT2D eigenvalue weighted by molar-refractivity contribution is -0.113. The standard InChI is InChI=1S/C23H25ClN6OS/c1-14-15(2)30(18-6-4-5-7-18)22(19(14)12-25)26-20(31)13-32-23-28-27-21(29(23)3)16-8-10-17(24)11-9-16/h8-11,18H,4-7,13H2,1-3H3,(H,26,31). The highest BCUT2D eigenvalue weighted by atomic mass is 35.5. The number of benzene rings is 1. The highest BCUT2D eigenvalue weighted by Gasteiger charge is 2.26. The van der Waals surface area contributed by atoms with Gasteiger partial charge in [-0.2, -0.15) is 5.26 Å². The van der Waals surface area contributed by atoms with Gasteiger partial charge < -0.3 is 14.5 Å². The second-order valence-corrected chi connectivity index (χ2v) is 9.44. The molecule has 2 aromatic heterocycles. The van der Waals surface area contributed by atoms with E-state index in [-0.39, 0.29) is 11.7 Å². The fourth-order valence-corrected chi connectivity index (χ4v) is 5.13. The Morgan fingerprint density at radius 1 is 1.25 bits per heavy atom. The zero-order valence-corrected chi connectivity index (χ0v) is 19.9. The van der Waals surface area contributed by atoms with Gasteiger partial charge in [0.25, 0.3) is 0 Å². The number of carbonyl (C=O) groups is 1. The van der Waals surface area contributed by atoms with E-state index in [0.29, 0.717) is 33.4 Å². The summed E-state index contributed by atoms with van der Waals surface area (Å²) in [7, 11) is 1.87. The molecule has 0 aliphatic heterocycles. The van der Waals surface area contributed by atoms with Gasteiger partial charge in [-0.05, 0) is 56.5 Å². The van der Waals surface area contributed by atoms with Crippen LogP contribution in [0.15, 0.2) is 29.4 Å². The van der Waals surface area contributed by atoms with E-state index >= 15 is 0 Å². The van der Waals surface area contributed by atoms with Crippen LogP contribution in [-0.4, -0.2) is 31.0 Å². The minimum Gasteiger partial charge on any atom is -0.327 e. The number of nitriles is 1. The quantitative estimate of drug-likeness (QED) is 0.497. The van der Waals surface area contributed by atoms with Crippen LogP contribution in [0.1, 0.15) is 48.5 Å². The fraction of sp³-hybridized carbons (Fsp3) is 0.391. The van der Waals surface area contributed by atoms with Crippen LogP contribution < -0.4 is 5.32 Å². The molecule has 1 aliphatic carbocycles. The summed E-state index contributed by atoms with van der Waals surface area (Å²) in [5.41, 5.74) is 3.44.